The van der Waals surface area contributed by atoms with Crippen LogP contribution in [0.4, 0.5) is 10.5 Å². The molecule has 25 heavy (non-hydrogen) atoms. The molecular weight excluding hydrogens is 340 g/mol. The summed E-state index contributed by atoms with van der Waals surface area (Å²) in [6.07, 6.45) is -0.517. The minimum Gasteiger partial charge on any atom is -0.449 e. The maximum Gasteiger partial charge on any atom is 0.419 e. The average molecular weight is 357 g/mol. The molecule has 6 heteroatoms. The molecule has 0 aliphatic carbocycles. The first-order chi connectivity index (χ1) is 12.0. The molecule has 0 bridgehead atoms. The second-order valence-corrected chi connectivity index (χ2v) is 5.98. The fourth-order valence-corrected chi connectivity index (χ4v) is 2.97. The SMILES string of the molecule is CCOC(=O)n1c(C(=O)Cc2ccccc2)c(N)c2ccc(Cl)cc21. The first-order valence-corrected chi connectivity index (χ1v) is 8.24. The summed E-state index contributed by atoms with van der Waals surface area (Å²) < 4.78 is 6.32. The minimum atomic E-state index is -0.650. The number of ether oxygens (including phenoxy) is 1. The van der Waals surface area contributed by atoms with Gasteiger partial charge in [-0.15, -0.1) is 0 Å². The Morgan fingerprint density at radius 2 is 1.88 bits per heavy atom. The maximum atomic E-state index is 12.9. The van der Waals surface area contributed by atoms with Crippen molar-refractivity contribution < 1.29 is 14.3 Å². The van der Waals surface area contributed by atoms with Crippen LogP contribution in [0.2, 0.25) is 5.02 Å². The molecule has 0 fully saturated rings. The van der Waals surface area contributed by atoms with E-state index >= 15 is 0 Å². The summed E-state index contributed by atoms with van der Waals surface area (Å²) in [5.74, 6) is -0.260. The van der Waals surface area contributed by atoms with Gasteiger partial charge in [-0.05, 0) is 30.7 Å². The normalized spacial score (nSPS) is 10.8. The van der Waals surface area contributed by atoms with Crippen molar-refractivity contribution >= 4 is 40.1 Å². The number of anilines is 1. The van der Waals surface area contributed by atoms with Crippen LogP contribution in [0.5, 0.6) is 0 Å². The summed E-state index contributed by atoms with van der Waals surface area (Å²) in [5.41, 5.74) is 7.86. The number of carbonyl (C=O) groups is 2. The van der Waals surface area contributed by atoms with Gasteiger partial charge in [0.2, 0.25) is 0 Å². The molecule has 3 aromatic rings. The van der Waals surface area contributed by atoms with Crippen LogP contribution in [0.25, 0.3) is 10.9 Å². The van der Waals surface area contributed by atoms with Gasteiger partial charge in [0.05, 0.1) is 17.8 Å². The average Bonchev–Trinajstić information content (AvgIpc) is 2.88. The van der Waals surface area contributed by atoms with Crippen LogP contribution < -0.4 is 5.73 Å². The zero-order valence-corrected chi connectivity index (χ0v) is 14.4. The number of rotatable bonds is 4. The molecule has 0 aliphatic heterocycles. The van der Waals surface area contributed by atoms with E-state index in [0.29, 0.717) is 15.9 Å². The van der Waals surface area contributed by atoms with E-state index in [4.69, 9.17) is 22.1 Å². The second kappa shape index (κ2) is 6.99. The molecule has 0 saturated carbocycles. The summed E-state index contributed by atoms with van der Waals surface area (Å²) >= 11 is 6.05. The van der Waals surface area contributed by atoms with E-state index in [1.165, 1.54) is 4.57 Å². The summed E-state index contributed by atoms with van der Waals surface area (Å²) in [6.45, 7) is 1.89. The summed E-state index contributed by atoms with van der Waals surface area (Å²) in [5, 5.41) is 1.03. The highest BCUT2D eigenvalue weighted by atomic mass is 35.5. The predicted molar refractivity (Wildman–Crippen MR) is 98.3 cm³/mol. The van der Waals surface area contributed by atoms with Gasteiger partial charge >= 0.3 is 6.09 Å². The Morgan fingerprint density at radius 3 is 2.56 bits per heavy atom. The van der Waals surface area contributed by atoms with E-state index in [9.17, 15) is 9.59 Å². The van der Waals surface area contributed by atoms with Crippen LogP contribution in [-0.4, -0.2) is 23.1 Å². The van der Waals surface area contributed by atoms with Gasteiger partial charge in [-0.25, -0.2) is 9.36 Å². The van der Waals surface area contributed by atoms with Crippen LogP contribution in [0.3, 0.4) is 0 Å². The Bertz CT molecular complexity index is 948. The van der Waals surface area contributed by atoms with Gasteiger partial charge in [-0.3, -0.25) is 4.79 Å². The lowest BCUT2D eigenvalue weighted by Gasteiger charge is -2.09. The fourth-order valence-electron chi connectivity index (χ4n) is 2.80. The topological polar surface area (TPSA) is 74.3 Å². The van der Waals surface area contributed by atoms with Crippen molar-refractivity contribution in [2.24, 2.45) is 0 Å². The van der Waals surface area contributed by atoms with E-state index in [2.05, 4.69) is 0 Å². The van der Waals surface area contributed by atoms with Crippen LogP contribution in [0, 0.1) is 0 Å². The van der Waals surface area contributed by atoms with E-state index in [0.717, 1.165) is 5.56 Å². The van der Waals surface area contributed by atoms with Crippen LogP contribution in [-0.2, 0) is 11.2 Å². The van der Waals surface area contributed by atoms with Crippen LogP contribution in [0.15, 0.2) is 48.5 Å². The third kappa shape index (κ3) is 3.23. The molecule has 0 saturated heterocycles. The van der Waals surface area contributed by atoms with E-state index in [-0.39, 0.29) is 30.2 Å². The third-order valence-corrected chi connectivity index (χ3v) is 4.13. The number of nitrogen functional groups attached to an aromatic ring is 1. The van der Waals surface area contributed by atoms with E-state index in [1.54, 1.807) is 25.1 Å². The minimum absolute atomic E-state index is 0.125. The van der Waals surface area contributed by atoms with Crippen molar-refractivity contribution in [3.05, 3.63) is 64.8 Å². The Morgan fingerprint density at radius 1 is 1.16 bits per heavy atom. The molecule has 2 N–H and O–H groups in total. The highest BCUT2D eigenvalue weighted by Crippen LogP contribution is 2.32. The Kier molecular flexibility index (Phi) is 4.76. The van der Waals surface area contributed by atoms with E-state index < -0.39 is 6.09 Å². The maximum absolute atomic E-state index is 12.9. The molecule has 5 nitrogen and oxygen atoms in total. The van der Waals surface area contributed by atoms with Gasteiger partial charge in [0.15, 0.2) is 5.78 Å². The standard InChI is InChI=1S/C19H17ClN2O3/c1-2-25-19(24)22-15-11-13(20)8-9-14(15)17(21)18(22)16(23)10-12-6-4-3-5-7-12/h3-9,11H,2,10,21H2,1H3. The van der Waals surface area contributed by atoms with Gasteiger partial charge < -0.3 is 10.5 Å². The van der Waals surface area contributed by atoms with Crippen LogP contribution in [0.1, 0.15) is 23.0 Å². The van der Waals surface area contributed by atoms with Gasteiger partial charge in [0.25, 0.3) is 0 Å². The second-order valence-electron chi connectivity index (χ2n) is 5.54. The molecule has 0 radical (unpaired) electrons. The van der Waals surface area contributed by atoms with Crippen LogP contribution >= 0.6 is 11.6 Å². The van der Waals surface area contributed by atoms with Crippen molar-refractivity contribution in [1.82, 2.24) is 4.57 Å². The fraction of sp³-hybridized carbons (Fsp3) is 0.158. The number of Topliss-reactive ketones (excluding diaryl/α,β-unsaturated/α-hetero) is 1. The number of fused-ring (bicyclic) bond motifs is 1. The Hall–Kier alpha value is -2.79. The number of nitrogens with zero attached hydrogens (tertiary/aromatic N) is 1. The number of carbonyl (C=O) groups excluding carboxylic acids is 2. The number of benzene rings is 2. The van der Waals surface area contributed by atoms with Gasteiger partial charge in [0, 0.05) is 16.8 Å². The molecule has 0 aliphatic rings. The first-order valence-electron chi connectivity index (χ1n) is 7.86. The number of ketones is 1. The number of nitrogens with two attached hydrogens (primary N) is 1. The molecule has 0 amide bonds. The number of hydrogen-bond donors (Lipinski definition) is 1. The highest BCUT2D eigenvalue weighted by Gasteiger charge is 2.25. The zero-order valence-electron chi connectivity index (χ0n) is 13.7. The predicted octanol–water partition coefficient (Wildman–Crippen LogP) is 4.31. The molecular formula is C19H17ClN2O3. The molecule has 1 heterocycles. The molecule has 128 valence electrons. The molecule has 0 atom stereocenters. The monoisotopic (exact) mass is 356 g/mol. The molecule has 3 rings (SSSR count). The first kappa shape index (κ1) is 17.0. The molecule has 0 spiro atoms. The molecule has 2 aromatic carbocycles. The Labute approximate surface area is 149 Å². The van der Waals surface area contributed by atoms with Crippen molar-refractivity contribution in [3.63, 3.8) is 0 Å². The lowest BCUT2D eigenvalue weighted by molar-refractivity contribution is 0.0980. The van der Waals surface area contributed by atoms with Gasteiger partial charge in [-0.1, -0.05) is 41.9 Å². The molecule has 1 aromatic heterocycles. The lowest BCUT2D eigenvalue weighted by atomic mass is 10.1. The summed E-state index contributed by atoms with van der Waals surface area (Å²) in [4.78, 5) is 25.3. The van der Waals surface area contributed by atoms with Crippen molar-refractivity contribution in [2.75, 3.05) is 12.3 Å². The zero-order chi connectivity index (χ0) is 18.0. The smallest absolute Gasteiger partial charge is 0.419 e. The largest absolute Gasteiger partial charge is 0.449 e. The summed E-state index contributed by atoms with van der Waals surface area (Å²) in [6, 6.07) is 14.2. The number of hydrogen-bond acceptors (Lipinski definition) is 4. The quantitative estimate of drug-likeness (QED) is 0.707. The van der Waals surface area contributed by atoms with Crippen molar-refractivity contribution in [3.8, 4) is 0 Å². The van der Waals surface area contributed by atoms with Crippen molar-refractivity contribution in [2.45, 2.75) is 13.3 Å². The van der Waals surface area contributed by atoms with Gasteiger partial charge in [0.1, 0.15) is 5.69 Å². The summed E-state index contributed by atoms with van der Waals surface area (Å²) in [7, 11) is 0. The Balaban J connectivity index is 2.15. The van der Waals surface area contributed by atoms with Crippen molar-refractivity contribution in [1.29, 1.82) is 0 Å². The third-order valence-electron chi connectivity index (χ3n) is 3.89. The number of halogens is 1. The highest BCUT2D eigenvalue weighted by molar-refractivity contribution is 6.31. The lowest BCUT2D eigenvalue weighted by Crippen LogP contribution is -2.20. The van der Waals surface area contributed by atoms with Gasteiger partial charge in [-0.2, -0.15) is 0 Å². The number of aromatic nitrogens is 1. The molecule has 0 unspecified atom stereocenters. The van der Waals surface area contributed by atoms with E-state index in [1.807, 2.05) is 30.3 Å².